The summed E-state index contributed by atoms with van der Waals surface area (Å²) >= 11 is 1.80. The molecule has 3 aromatic rings. The fourth-order valence-corrected chi connectivity index (χ4v) is 3.29. The van der Waals surface area contributed by atoms with Crippen LogP contribution in [0, 0.1) is 6.92 Å². The molecule has 0 saturated carbocycles. The van der Waals surface area contributed by atoms with Gasteiger partial charge in [0.25, 0.3) is 0 Å². The van der Waals surface area contributed by atoms with Crippen LogP contribution in [0.3, 0.4) is 0 Å². The van der Waals surface area contributed by atoms with E-state index < -0.39 is 0 Å². The number of hydrogen-bond acceptors (Lipinski definition) is 3. The van der Waals surface area contributed by atoms with E-state index in [9.17, 15) is 0 Å². The zero-order chi connectivity index (χ0) is 13.9. The number of benzene rings is 1. The number of aryl methyl sites for hydroxylation is 1. The quantitative estimate of drug-likeness (QED) is 0.768. The minimum absolute atomic E-state index is 0.291. The number of rotatable bonds is 4. The molecule has 0 aliphatic carbocycles. The van der Waals surface area contributed by atoms with Gasteiger partial charge in [0, 0.05) is 17.3 Å². The van der Waals surface area contributed by atoms with E-state index in [2.05, 4.69) is 53.8 Å². The van der Waals surface area contributed by atoms with E-state index in [4.69, 9.17) is 0 Å². The van der Waals surface area contributed by atoms with Crippen LogP contribution in [0.5, 0.6) is 0 Å². The Bertz CT molecular complexity index is 685. The van der Waals surface area contributed by atoms with Crippen molar-refractivity contribution in [3.05, 3.63) is 64.9 Å². The van der Waals surface area contributed by atoms with Crippen LogP contribution in [-0.2, 0) is 0 Å². The van der Waals surface area contributed by atoms with Crippen molar-refractivity contribution in [3.63, 3.8) is 0 Å². The molecule has 1 atom stereocenters. The predicted molar refractivity (Wildman–Crippen MR) is 84.7 cm³/mol. The number of nitrogens with zero attached hydrogens (tertiary/aromatic N) is 2. The van der Waals surface area contributed by atoms with Gasteiger partial charge in [-0.15, -0.1) is 11.3 Å². The van der Waals surface area contributed by atoms with Gasteiger partial charge in [-0.1, -0.05) is 12.1 Å². The number of nitrogens with one attached hydrogen (secondary N) is 1. The molecule has 0 aliphatic heterocycles. The number of aromatic nitrogens is 2. The van der Waals surface area contributed by atoms with Gasteiger partial charge in [-0.2, -0.15) is 0 Å². The molecule has 2 aromatic heterocycles. The first-order valence-corrected chi connectivity index (χ1v) is 7.51. The minimum atomic E-state index is 0.291. The van der Waals surface area contributed by atoms with Crippen LogP contribution in [0.15, 0.2) is 54.4 Å². The summed E-state index contributed by atoms with van der Waals surface area (Å²) in [5.74, 6) is 0. The summed E-state index contributed by atoms with van der Waals surface area (Å²) in [6.07, 6.45) is 5.58. The lowest BCUT2D eigenvalue weighted by Crippen LogP contribution is -2.08. The average molecular weight is 283 g/mol. The SMILES string of the molecule is Cc1ccsc1C(C)Nc1ccccc1-n1ccnc1. The predicted octanol–water partition coefficient (Wildman–Crippen LogP) is 4.42. The molecule has 0 amide bonds. The molecule has 1 unspecified atom stereocenters. The largest absolute Gasteiger partial charge is 0.376 e. The van der Waals surface area contributed by atoms with Gasteiger partial charge in [-0.25, -0.2) is 4.98 Å². The van der Waals surface area contributed by atoms with Gasteiger partial charge in [0.15, 0.2) is 0 Å². The fourth-order valence-electron chi connectivity index (χ4n) is 2.35. The highest BCUT2D eigenvalue weighted by Gasteiger charge is 2.12. The Morgan fingerprint density at radius 3 is 2.80 bits per heavy atom. The molecule has 0 bridgehead atoms. The molecule has 0 radical (unpaired) electrons. The van der Waals surface area contributed by atoms with Crippen LogP contribution < -0.4 is 5.32 Å². The molecular formula is C16H17N3S. The normalized spacial score (nSPS) is 12.3. The van der Waals surface area contributed by atoms with Gasteiger partial charge in [0.1, 0.15) is 0 Å². The lowest BCUT2D eigenvalue weighted by atomic mass is 10.1. The average Bonchev–Trinajstić information content (AvgIpc) is 3.10. The maximum Gasteiger partial charge on any atom is 0.0992 e. The molecule has 0 fully saturated rings. The highest BCUT2D eigenvalue weighted by Crippen LogP contribution is 2.29. The maximum absolute atomic E-state index is 4.12. The minimum Gasteiger partial charge on any atom is -0.376 e. The van der Waals surface area contributed by atoms with E-state index in [1.165, 1.54) is 10.4 Å². The number of anilines is 1. The molecular weight excluding hydrogens is 266 g/mol. The fraction of sp³-hybridized carbons (Fsp3) is 0.188. The number of imidazole rings is 1. The second kappa shape index (κ2) is 5.51. The summed E-state index contributed by atoms with van der Waals surface area (Å²) in [6, 6.07) is 10.8. The summed E-state index contributed by atoms with van der Waals surface area (Å²) in [4.78, 5) is 5.50. The van der Waals surface area contributed by atoms with Gasteiger partial charge in [0.05, 0.1) is 23.7 Å². The van der Waals surface area contributed by atoms with Crippen LogP contribution in [0.25, 0.3) is 5.69 Å². The Morgan fingerprint density at radius 2 is 2.10 bits per heavy atom. The van der Waals surface area contributed by atoms with Crippen molar-refractivity contribution >= 4 is 17.0 Å². The van der Waals surface area contributed by atoms with Gasteiger partial charge in [-0.3, -0.25) is 0 Å². The molecule has 0 aliphatic rings. The molecule has 3 nitrogen and oxygen atoms in total. The lowest BCUT2D eigenvalue weighted by Gasteiger charge is -2.18. The summed E-state index contributed by atoms with van der Waals surface area (Å²) in [5, 5.41) is 5.75. The van der Waals surface area contributed by atoms with Crippen molar-refractivity contribution in [2.45, 2.75) is 19.9 Å². The van der Waals surface area contributed by atoms with Crippen molar-refractivity contribution in [2.75, 3.05) is 5.32 Å². The van der Waals surface area contributed by atoms with Crippen molar-refractivity contribution in [1.82, 2.24) is 9.55 Å². The Kier molecular flexibility index (Phi) is 3.56. The summed E-state index contributed by atoms with van der Waals surface area (Å²) < 4.78 is 2.02. The van der Waals surface area contributed by atoms with Crippen molar-refractivity contribution < 1.29 is 0 Å². The van der Waals surface area contributed by atoms with Gasteiger partial charge >= 0.3 is 0 Å². The zero-order valence-electron chi connectivity index (χ0n) is 11.6. The van der Waals surface area contributed by atoms with E-state index in [1.54, 1.807) is 17.5 Å². The van der Waals surface area contributed by atoms with Gasteiger partial charge < -0.3 is 9.88 Å². The summed E-state index contributed by atoms with van der Waals surface area (Å²) in [7, 11) is 0. The van der Waals surface area contributed by atoms with Crippen molar-refractivity contribution in [3.8, 4) is 5.69 Å². The second-order valence-electron chi connectivity index (χ2n) is 4.82. The van der Waals surface area contributed by atoms with Crippen LogP contribution >= 0.6 is 11.3 Å². The van der Waals surface area contributed by atoms with E-state index in [-0.39, 0.29) is 0 Å². The molecule has 3 rings (SSSR count). The van der Waals surface area contributed by atoms with Crippen LogP contribution in [0.4, 0.5) is 5.69 Å². The highest BCUT2D eigenvalue weighted by molar-refractivity contribution is 7.10. The van der Waals surface area contributed by atoms with Crippen LogP contribution in [0.2, 0.25) is 0 Å². The summed E-state index contributed by atoms with van der Waals surface area (Å²) in [6.45, 7) is 4.36. The molecule has 4 heteroatoms. The number of hydrogen-bond donors (Lipinski definition) is 1. The third kappa shape index (κ3) is 2.47. The second-order valence-corrected chi connectivity index (χ2v) is 5.77. The van der Waals surface area contributed by atoms with Gasteiger partial charge in [-0.05, 0) is 43.0 Å². The van der Waals surface area contributed by atoms with E-state index in [0.717, 1.165) is 11.4 Å². The molecule has 2 heterocycles. The van der Waals surface area contributed by atoms with E-state index in [1.807, 2.05) is 23.2 Å². The van der Waals surface area contributed by atoms with E-state index >= 15 is 0 Å². The van der Waals surface area contributed by atoms with Crippen molar-refractivity contribution in [1.29, 1.82) is 0 Å². The zero-order valence-corrected chi connectivity index (χ0v) is 12.4. The smallest absolute Gasteiger partial charge is 0.0992 e. The highest BCUT2D eigenvalue weighted by atomic mass is 32.1. The lowest BCUT2D eigenvalue weighted by molar-refractivity contribution is 0.893. The molecule has 102 valence electrons. The van der Waals surface area contributed by atoms with Gasteiger partial charge in [0.2, 0.25) is 0 Å². The number of para-hydroxylation sites is 2. The molecule has 1 aromatic carbocycles. The molecule has 1 N–H and O–H groups in total. The van der Waals surface area contributed by atoms with E-state index in [0.29, 0.717) is 6.04 Å². The molecule has 0 saturated heterocycles. The van der Waals surface area contributed by atoms with Crippen molar-refractivity contribution in [2.24, 2.45) is 0 Å². The molecule has 0 spiro atoms. The summed E-state index contributed by atoms with van der Waals surface area (Å²) in [5.41, 5.74) is 3.58. The Hall–Kier alpha value is -2.07. The monoisotopic (exact) mass is 283 g/mol. The van der Waals surface area contributed by atoms with Crippen LogP contribution in [-0.4, -0.2) is 9.55 Å². The third-order valence-corrected chi connectivity index (χ3v) is 4.56. The topological polar surface area (TPSA) is 29.9 Å². The maximum atomic E-state index is 4.12. The first-order valence-electron chi connectivity index (χ1n) is 6.63. The first-order chi connectivity index (χ1) is 9.75. The Labute approximate surface area is 122 Å². The standard InChI is InChI=1S/C16H17N3S/c1-12-7-10-20-16(12)13(2)18-14-5-3-4-6-15(14)19-9-8-17-11-19/h3-11,13,18H,1-2H3. The first kappa shape index (κ1) is 12.9. The number of thiophene rings is 1. The Morgan fingerprint density at radius 1 is 1.25 bits per heavy atom. The third-order valence-electron chi connectivity index (χ3n) is 3.35. The Balaban J connectivity index is 1.90. The molecule has 20 heavy (non-hydrogen) atoms. The van der Waals surface area contributed by atoms with Crippen LogP contribution in [0.1, 0.15) is 23.4 Å².